The summed E-state index contributed by atoms with van der Waals surface area (Å²) in [7, 11) is 1.92. The van der Waals surface area contributed by atoms with E-state index < -0.39 is 0 Å². The summed E-state index contributed by atoms with van der Waals surface area (Å²) in [6.45, 7) is 9.02. The maximum absolute atomic E-state index is 10.3. The second-order valence-electron chi connectivity index (χ2n) is 6.55. The van der Waals surface area contributed by atoms with Crippen LogP contribution in [0.25, 0.3) is 0 Å². The minimum atomic E-state index is -0.194. The van der Waals surface area contributed by atoms with Crippen LogP contribution < -0.4 is 0 Å². The predicted molar refractivity (Wildman–Crippen MR) is 68.6 cm³/mol. The maximum Gasteiger partial charge on any atom is 0.0582 e. The summed E-state index contributed by atoms with van der Waals surface area (Å²) in [4.78, 5) is 0. The first-order valence-corrected chi connectivity index (χ1v) is 6.42. The number of aliphatic hydroxyl groups excluding tert-OH is 1. The van der Waals surface area contributed by atoms with E-state index >= 15 is 0 Å². The van der Waals surface area contributed by atoms with Gasteiger partial charge in [-0.25, -0.2) is 0 Å². The van der Waals surface area contributed by atoms with E-state index in [4.69, 9.17) is 0 Å². The van der Waals surface area contributed by atoms with Crippen molar-refractivity contribution in [2.45, 2.75) is 46.6 Å². The Bertz CT molecular complexity index is 392. The van der Waals surface area contributed by atoms with E-state index in [0.29, 0.717) is 5.92 Å². The molecule has 1 fully saturated rings. The molecular formula is C14H24N2O. The predicted octanol–water partition coefficient (Wildman–Crippen LogP) is 2.40. The minimum Gasteiger partial charge on any atom is -0.393 e. The van der Waals surface area contributed by atoms with Gasteiger partial charge in [0.25, 0.3) is 0 Å². The molecule has 0 bridgehead atoms. The fourth-order valence-electron chi connectivity index (χ4n) is 3.29. The highest BCUT2D eigenvalue weighted by Crippen LogP contribution is 2.69. The molecule has 17 heavy (non-hydrogen) atoms. The van der Waals surface area contributed by atoms with Crippen LogP contribution in [0.15, 0.2) is 12.4 Å². The molecule has 0 spiro atoms. The van der Waals surface area contributed by atoms with Gasteiger partial charge in [-0.15, -0.1) is 0 Å². The van der Waals surface area contributed by atoms with Crippen LogP contribution in [0.5, 0.6) is 0 Å². The van der Waals surface area contributed by atoms with E-state index in [1.807, 2.05) is 24.1 Å². The molecule has 0 aromatic carbocycles. The van der Waals surface area contributed by atoms with Crippen LogP contribution in [-0.2, 0) is 13.5 Å². The Morgan fingerprint density at radius 3 is 2.35 bits per heavy atom. The van der Waals surface area contributed by atoms with E-state index in [-0.39, 0.29) is 16.9 Å². The van der Waals surface area contributed by atoms with Crippen molar-refractivity contribution in [1.29, 1.82) is 0 Å². The quantitative estimate of drug-likeness (QED) is 0.871. The second kappa shape index (κ2) is 3.84. The van der Waals surface area contributed by atoms with Gasteiger partial charge in [0.05, 0.1) is 12.3 Å². The fraction of sp³-hybridized carbons (Fsp3) is 0.786. The van der Waals surface area contributed by atoms with Gasteiger partial charge in [-0.1, -0.05) is 27.7 Å². The summed E-state index contributed by atoms with van der Waals surface area (Å²) in [6.07, 6.45) is 5.47. The fourth-order valence-corrected chi connectivity index (χ4v) is 3.29. The molecule has 1 aromatic rings. The number of aryl methyl sites for hydroxylation is 2. The summed E-state index contributed by atoms with van der Waals surface area (Å²) in [6, 6.07) is 0. The highest BCUT2D eigenvalue weighted by Gasteiger charge is 2.66. The first kappa shape index (κ1) is 12.6. The largest absolute Gasteiger partial charge is 0.393 e. The summed E-state index contributed by atoms with van der Waals surface area (Å²) in [5, 5.41) is 14.4. The molecule has 1 N–H and O–H groups in total. The van der Waals surface area contributed by atoms with Gasteiger partial charge in [0.1, 0.15) is 0 Å². The van der Waals surface area contributed by atoms with Crippen LogP contribution in [-0.4, -0.2) is 21.0 Å². The van der Waals surface area contributed by atoms with Crippen LogP contribution in [0.2, 0.25) is 0 Å². The Kier molecular flexibility index (Phi) is 2.85. The zero-order chi connectivity index (χ0) is 12.8. The Balaban J connectivity index is 1.89. The topological polar surface area (TPSA) is 38.0 Å². The lowest BCUT2D eigenvalue weighted by atomic mass is 10.0. The van der Waals surface area contributed by atoms with Gasteiger partial charge in [-0.05, 0) is 35.2 Å². The van der Waals surface area contributed by atoms with Crippen LogP contribution in [0.4, 0.5) is 0 Å². The first-order chi connectivity index (χ1) is 7.76. The van der Waals surface area contributed by atoms with Crippen molar-refractivity contribution in [3.63, 3.8) is 0 Å². The maximum atomic E-state index is 10.3. The third kappa shape index (κ3) is 2.01. The molecule has 0 saturated heterocycles. The molecule has 1 atom stereocenters. The number of aliphatic hydroxyl groups is 1. The first-order valence-electron chi connectivity index (χ1n) is 6.42. The van der Waals surface area contributed by atoms with Crippen molar-refractivity contribution in [1.82, 2.24) is 9.78 Å². The third-order valence-electron chi connectivity index (χ3n) is 5.00. The third-order valence-corrected chi connectivity index (χ3v) is 5.00. The van der Waals surface area contributed by atoms with E-state index in [9.17, 15) is 5.11 Å². The van der Waals surface area contributed by atoms with Gasteiger partial charge in [-0.2, -0.15) is 5.10 Å². The average Bonchev–Trinajstić information content (AvgIpc) is 2.54. The van der Waals surface area contributed by atoms with E-state index in [1.54, 1.807) is 0 Å². The highest BCUT2D eigenvalue weighted by atomic mass is 16.3. The molecule has 1 aromatic heterocycles. The zero-order valence-corrected chi connectivity index (χ0v) is 11.6. The summed E-state index contributed by atoms with van der Waals surface area (Å²) in [5.74, 6) is 0.423. The number of hydrogen-bond donors (Lipinski definition) is 1. The molecule has 1 unspecified atom stereocenters. The lowest BCUT2D eigenvalue weighted by Gasteiger charge is -2.11. The van der Waals surface area contributed by atoms with Crippen molar-refractivity contribution in [2.75, 3.05) is 0 Å². The summed E-state index contributed by atoms with van der Waals surface area (Å²) in [5.41, 5.74) is 1.74. The SMILES string of the molecule is Cn1cc(CCC(O)C2C(C)(C)C2(C)C)cn1. The van der Waals surface area contributed by atoms with Crippen molar-refractivity contribution in [3.05, 3.63) is 18.0 Å². The van der Waals surface area contributed by atoms with Crippen molar-refractivity contribution in [2.24, 2.45) is 23.8 Å². The normalized spacial score (nSPS) is 23.6. The van der Waals surface area contributed by atoms with Gasteiger partial charge < -0.3 is 5.11 Å². The van der Waals surface area contributed by atoms with E-state index in [1.165, 1.54) is 5.56 Å². The van der Waals surface area contributed by atoms with Gasteiger partial charge in [-0.3, -0.25) is 4.68 Å². The lowest BCUT2D eigenvalue weighted by Crippen LogP contribution is -2.15. The van der Waals surface area contributed by atoms with Crippen LogP contribution in [0, 0.1) is 16.7 Å². The monoisotopic (exact) mass is 236 g/mol. The highest BCUT2D eigenvalue weighted by molar-refractivity contribution is 5.15. The molecule has 3 nitrogen and oxygen atoms in total. The number of aromatic nitrogens is 2. The number of hydrogen-bond acceptors (Lipinski definition) is 2. The number of rotatable bonds is 4. The Hall–Kier alpha value is -0.830. The average molecular weight is 236 g/mol. The van der Waals surface area contributed by atoms with E-state index in [2.05, 4.69) is 32.8 Å². The van der Waals surface area contributed by atoms with Crippen LogP contribution >= 0.6 is 0 Å². The molecule has 2 rings (SSSR count). The molecule has 1 aliphatic rings. The summed E-state index contributed by atoms with van der Waals surface area (Å²) < 4.78 is 1.81. The molecule has 1 aliphatic carbocycles. The van der Waals surface area contributed by atoms with Crippen molar-refractivity contribution in [3.8, 4) is 0 Å². The molecule has 1 saturated carbocycles. The minimum absolute atomic E-state index is 0.194. The van der Waals surface area contributed by atoms with Crippen LogP contribution in [0.1, 0.15) is 39.7 Å². The van der Waals surface area contributed by atoms with E-state index in [0.717, 1.165) is 12.8 Å². The second-order valence-corrected chi connectivity index (χ2v) is 6.55. The van der Waals surface area contributed by atoms with Gasteiger partial charge in [0.15, 0.2) is 0 Å². The Morgan fingerprint density at radius 2 is 1.94 bits per heavy atom. The lowest BCUT2D eigenvalue weighted by molar-refractivity contribution is 0.120. The van der Waals surface area contributed by atoms with Crippen molar-refractivity contribution < 1.29 is 5.11 Å². The standard InChI is InChI=1S/C14H24N2O/c1-13(2)12(14(13,3)4)11(17)7-6-10-8-15-16(5)9-10/h8-9,11-12,17H,6-7H2,1-5H3. The molecule has 96 valence electrons. The number of nitrogens with zero attached hydrogens (tertiary/aromatic N) is 2. The molecule has 0 aliphatic heterocycles. The molecule has 3 heteroatoms. The molecular weight excluding hydrogens is 212 g/mol. The van der Waals surface area contributed by atoms with Crippen LogP contribution in [0.3, 0.4) is 0 Å². The molecule has 0 radical (unpaired) electrons. The van der Waals surface area contributed by atoms with Gasteiger partial charge >= 0.3 is 0 Å². The van der Waals surface area contributed by atoms with Gasteiger partial charge in [0, 0.05) is 13.2 Å². The Morgan fingerprint density at radius 1 is 1.35 bits per heavy atom. The zero-order valence-electron chi connectivity index (χ0n) is 11.6. The summed E-state index contributed by atoms with van der Waals surface area (Å²) >= 11 is 0. The molecule has 1 heterocycles. The van der Waals surface area contributed by atoms with Crippen molar-refractivity contribution >= 4 is 0 Å². The van der Waals surface area contributed by atoms with Gasteiger partial charge in [0.2, 0.25) is 0 Å². The smallest absolute Gasteiger partial charge is 0.0582 e. The Labute approximate surface area is 104 Å². The molecule has 0 amide bonds.